The number of urea groups is 1. The summed E-state index contributed by atoms with van der Waals surface area (Å²) in [5, 5.41) is 14.9. The van der Waals surface area contributed by atoms with Crippen LogP contribution < -0.4 is 15.4 Å². The Hall–Kier alpha value is -3.53. The first kappa shape index (κ1) is 24.2. The zero-order valence-electron chi connectivity index (χ0n) is 19.6. The van der Waals surface area contributed by atoms with Gasteiger partial charge in [0.05, 0.1) is 18.2 Å². The molecule has 1 fully saturated rings. The van der Waals surface area contributed by atoms with Crippen molar-refractivity contribution in [2.45, 2.75) is 57.0 Å². The van der Waals surface area contributed by atoms with E-state index in [1.165, 1.54) is 17.0 Å². The Kier molecular flexibility index (Phi) is 5.94. The van der Waals surface area contributed by atoms with Gasteiger partial charge < -0.3 is 25.4 Å². The lowest BCUT2D eigenvalue weighted by molar-refractivity contribution is -0.138. The maximum atomic E-state index is 13.2. The Morgan fingerprint density at radius 1 is 1.28 bits per heavy atom. The summed E-state index contributed by atoms with van der Waals surface area (Å²) in [5.74, 6) is -0.280. The quantitative estimate of drug-likeness (QED) is 0.505. The van der Waals surface area contributed by atoms with Crippen molar-refractivity contribution >= 4 is 28.9 Å². The van der Waals surface area contributed by atoms with Crippen LogP contribution in [0.3, 0.4) is 0 Å². The van der Waals surface area contributed by atoms with Crippen LogP contribution in [0.5, 0.6) is 5.75 Å². The van der Waals surface area contributed by atoms with Crippen LogP contribution in [0.25, 0.3) is 5.57 Å². The number of hydrogen-bond acceptors (Lipinski definition) is 4. The summed E-state index contributed by atoms with van der Waals surface area (Å²) >= 11 is 0. The maximum absolute atomic E-state index is 13.2. The average molecular weight is 502 g/mol. The monoisotopic (exact) mass is 501 g/mol. The van der Waals surface area contributed by atoms with Gasteiger partial charge in [0, 0.05) is 36.0 Å². The number of anilines is 2. The molecule has 5 rings (SSSR count). The highest BCUT2D eigenvalue weighted by Gasteiger charge is 2.44. The summed E-state index contributed by atoms with van der Waals surface area (Å²) in [4.78, 5) is 26.8. The van der Waals surface area contributed by atoms with E-state index in [-0.39, 0.29) is 24.4 Å². The molecule has 36 heavy (non-hydrogen) atoms. The van der Waals surface area contributed by atoms with Crippen LogP contribution in [-0.2, 0) is 17.5 Å². The van der Waals surface area contributed by atoms with Gasteiger partial charge in [-0.15, -0.1) is 0 Å². The van der Waals surface area contributed by atoms with Gasteiger partial charge in [0.2, 0.25) is 5.91 Å². The van der Waals surface area contributed by atoms with E-state index < -0.39 is 23.2 Å². The number of rotatable bonds is 4. The highest BCUT2D eigenvalue weighted by molar-refractivity contribution is 6.05. The predicted octanol–water partition coefficient (Wildman–Crippen LogP) is 5.16. The number of aliphatic hydroxyl groups is 1. The molecule has 2 aromatic rings. The summed E-state index contributed by atoms with van der Waals surface area (Å²) in [6.45, 7) is 1.93. The van der Waals surface area contributed by atoms with Gasteiger partial charge in [-0.25, -0.2) is 4.79 Å². The van der Waals surface area contributed by atoms with E-state index in [9.17, 15) is 27.9 Å². The van der Waals surface area contributed by atoms with Crippen LogP contribution in [-0.4, -0.2) is 40.2 Å². The van der Waals surface area contributed by atoms with E-state index in [2.05, 4.69) is 10.6 Å². The van der Waals surface area contributed by atoms with Gasteiger partial charge in [0.25, 0.3) is 0 Å². The Morgan fingerprint density at radius 2 is 2.06 bits per heavy atom. The molecule has 10 heteroatoms. The Balaban J connectivity index is 1.37. The molecule has 0 saturated heterocycles. The third kappa shape index (κ3) is 4.53. The lowest BCUT2D eigenvalue weighted by atomic mass is 9.72. The fourth-order valence-electron chi connectivity index (χ4n) is 4.88. The van der Waals surface area contributed by atoms with Gasteiger partial charge >= 0.3 is 12.2 Å². The highest BCUT2D eigenvalue weighted by atomic mass is 19.4. The van der Waals surface area contributed by atoms with E-state index in [0.29, 0.717) is 35.5 Å². The minimum Gasteiger partial charge on any atom is -0.486 e. The van der Waals surface area contributed by atoms with Crippen molar-refractivity contribution in [1.82, 2.24) is 4.90 Å². The lowest BCUT2D eigenvalue weighted by Crippen LogP contribution is -2.45. The van der Waals surface area contributed by atoms with Crippen LogP contribution in [0.2, 0.25) is 0 Å². The molecule has 0 radical (unpaired) electrons. The number of aliphatic hydroxyl groups excluding tert-OH is 1. The zero-order chi connectivity index (χ0) is 25.7. The second kappa shape index (κ2) is 8.85. The standard InChI is InChI=1S/C26H26F3N3O4/c1-15(14-33)32-13-16-3-5-19(11-21(16)31-24(32)35)30-23(34)9-17-12-25(7-2-8-25)36-22-10-18(26(27,28)29)4-6-20(17)22/h3-6,9-11,15,33H,2,7-8,12-14H2,1H3,(H,30,34)(H,31,35)/b17-9+/t15-/m0/s1. The number of halogens is 3. The molecule has 2 aromatic carbocycles. The topological polar surface area (TPSA) is 90.9 Å². The predicted molar refractivity (Wildman–Crippen MR) is 127 cm³/mol. The fourth-order valence-corrected chi connectivity index (χ4v) is 4.88. The molecule has 1 spiro atoms. The Labute approximate surface area is 205 Å². The number of amides is 3. The van der Waals surface area contributed by atoms with Crippen LogP contribution in [0.1, 0.15) is 49.3 Å². The van der Waals surface area contributed by atoms with Gasteiger partial charge in [-0.2, -0.15) is 13.2 Å². The summed E-state index contributed by atoms with van der Waals surface area (Å²) < 4.78 is 45.7. The Morgan fingerprint density at radius 3 is 2.72 bits per heavy atom. The minimum absolute atomic E-state index is 0.146. The van der Waals surface area contributed by atoms with Crippen LogP contribution in [0.4, 0.5) is 29.3 Å². The molecule has 3 N–H and O–H groups in total. The highest BCUT2D eigenvalue weighted by Crippen LogP contribution is 2.50. The molecular formula is C26H26F3N3O4. The van der Waals surface area contributed by atoms with Crippen molar-refractivity contribution in [1.29, 1.82) is 0 Å². The number of nitrogens with zero attached hydrogens (tertiary/aromatic N) is 1. The molecule has 2 heterocycles. The summed E-state index contributed by atoms with van der Waals surface area (Å²) in [6.07, 6.45) is -0.270. The van der Waals surface area contributed by atoms with Gasteiger partial charge in [0.1, 0.15) is 11.4 Å². The first-order valence-electron chi connectivity index (χ1n) is 11.8. The first-order valence-corrected chi connectivity index (χ1v) is 11.8. The van der Waals surface area contributed by atoms with E-state index in [1.54, 1.807) is 25.1 Å². The van der Waals surface area contributed by atoms with Crippen molar-refractivity contribution in [2.24, 2.45) is 0 Å². The largest absolute Gasteiger partial charge is 0.486 e. The summed E-state index contributed by atoms with van der Waals surface area (Å²) in [6, 6.07) is 7.86. The van der Waals surface area contributed by atoms with Crippen molar-refractivity contribution in [3.8, 4) is 5.75 Å². The third-order valence-electron chi connectivity index (χ3n) is 7.08. The number of alkyl halides is 3. The number of hydrogen-bond donors (Lipinski definition) is 3. The molecule has 1 atom stereocenters. The molecule has 7 nitrogen and oxygen atoms in total. The number of fused-ring (bicyclic) bond motifs is 2. The number of benzene rings is 2. The normalized spacial score (nSPS) is 20.1. The van der Waals surface area contributed by atoms with Crippen LogP contribution in [0, 0.1) is 0 Å². The summed E-state index contributed by atoms with van der Waals surface area (Å²) in [5.41, 5.74) is 1.63. The maximum Gasteiger partial charge on any atom is 0.416 e. The fraction of sp³-hybridized carbons (Fsp3) is 0.385. The van der Waals surface area contributed by atoms with Crippen molar-refractivity contribution < 1.29 is 32.6 Å². The number of carbonyl (C=O) groups excluding carboxylic acids is 2. The SMILES string of the molecule is C[C@@H](CO)N1Cc2ccc(NC(=O)/C=C3\CC4(CCC4)Oc4cc(C(F)(F)F)ccc43)cc2NC1=O. The molecule has 3 aliphatic rings. The lowest BCUT2D eigenvalue weighted by Gasteiger charge is -2.46. The molecule has 190 valence electrons. The number of carbonyl (C=O) groups is 2. The molecule has 2 aliphatic heterocycles. The second-order valence-corrected chi connectivity index (χ2v) is 9.64. The molecule has 0 aromatic heterocycles. The number of ether oxygens (including phenoxy) is 1. The number of nitrogens with one attached hydrogen (secondary N) is 2. The van der Waals surface area contributed by atoms with E-state index in [0.717, 1.165) is 37.0 Å². The van der Waals surface area contributed by atoms with E-state index in [1.807, 2.05) is 0 Å². The molecule has 0 bridgehead atoms. The van der Waals surface area contributed by atoms with E-state index in [4.69, 9.17) is 4.74 Å². The smallest absolute Gasteiger partial charge is 0.416 e. The van der Waals surface area contributed by atoms with Gasteiger partial charge in [0.15, 0.2) is 0 Å². The van der Waals surface area contributed by atoms with E-state index >= 15 is 0 Å². The first-order chi connectivity index (χ1) is 17.1. The van der Waals surface area contributed by atoms with Crippen molar-refractivity contribution in [3.05, 3.63) is 59.2 Å². The second-order valence-electron chi connectivity index (χ2n) is 9.64. The van der Waals surface area contributed by atoms with Crippen molar-refractivity contribution in [3.63, 3.8) is 0 Å². The molecular weight excluding hydrogens is 475 g/mol. The summed E-state index contributed by atoms with van der Waals surface area (Å²) in [7, 11) is 0. The molecule has 1 aliphatic carbocycles. The molecule has 3 amide bonds. The van der Waals surface area contributed by atoms with Crippen LogP contribution >= 0.6 is 0 Å². The van der Waals surface area contributed by atoms with Crippen LogP contribution in [0.15, 0.2) is 42.5 Å². The minimum atomic E-state index is -4.49. The van der Waals surface area contributed by atoms with Gasteiger partial charge in [-0.1, -0.05) is 12.1 Å². The molecule has 0 unspecified atom stereocenters. The molecule has 1 saturated carbocycles. The van der Waals surface area contributed by atoms with Gasteiger partial charge in [-0.3, -0.25) is 4.79 Å². The third-order valence-corrected chi connectivity index (χ3v) is 7.08. The Bertz CT molecular complexity index is 1250. The average Bonchev–Trinajstić information content (AvgIpc) is 2.81. The van der Waals surface area contributed by atoms with Crippen molar-refractivity contribution in [2.75, 3.05) is 17.2 Å². The van der Waals surface area contributed by atoms with Gasteiger partial charge in [-0.05, 0) is 61.6 Å². The zero-order valence-corrected chi connectivity index (χ0v) is 19.6.